The van der Waals surface area contributed by atoms with Gasteiger partial charge < -0.3 is 11.1 Å². The molecule has 1 aromatic carbocycles. The second-order valence-electron chi connectivity index (χ2n) is 6.72. The number of carbonyl (C=O) groups excluding carboxylic acids is 1. The number of nitrogens with two attached hydrogens (primary N) is 1. The molecule has 2 aromatic rings. The summed E-state index contributed by atoms with van der Waals surface area (Å²) >= 11 is 0. The van der Waals surface area contributed by atoms with Crippen LogP contribution in [0.5, 0.6) is 0 Å². The van der Waals surface area contributed by atoms with E-state index in [1.807, 2.05) is 35.0 Å². The molecule has 0 spiro atoms. The van der Waals surface area contributed by atoms with Crippen LogP contribution in [-0.2, 0) is 0 Å². The highest BCUT2D eigenvalue weighted by Gasteiger charge is 2.33. The summed E-state index contributed by atoms with van der Waals surface area (Å²) in [6.45, 7) is 4.59. The van der Waals surface area contributed by atoms with E-state index < -0.39 is 0 Å². The van der Waals surface area contributed by atoms with Crippen LogP contribution in [-0.4, -0.2) is 27.8 Å². The smallest absolute Gasteiger partial charge is 0.254 e. The van der Waals surface area contributed by atoms with Gasteiger partial charge in [-0.05, 0) is 37.8 Å². The van der Waals surface area contributed by atoms with Crippen LogP contribution in [0.25, 0.3) is 5.69 Å². The number of aromatic nitrogens is 2. The van der Waals surface area contributed by atoms with Gasteiger partial charge in [0.2, 0.25) is 0 Å². The Morgan fingerprint density at radius 1 is 1.29 bits per heavy atom. The van der Waals surface area contributed by atoms with Crippen molar-refractivity contribution in [3.05, 3.63) is 47.8 Å². The molecule has 1 heterocycles. The van der Waals surface area contributed by atoms with Crippen LogP contribution in [0.4, 0.5) is 0 Å². The van der Waals surface area contributed by atoms with Crippen molar-refractivity contribution >= 4 is 5.91 Å². The number of hydrogen-bond acceptors (Lipinski definition) is 3. The maximum Gasteiger partial charge on any atom is 0.254 e. The fraction of sp³-hybridized carbons (Fsp3) is 0.474. The van der Waals surface area contributed by atoms with Crippen LogP contribution >= 0.6 is 0 Å². The fourth-order valence-corrected chi connectivity index (χ4v) is 2.91. The van der Waals surface area contributed by atoms with E-state index in [9.17, 15) is 4.79 Å². The van der Waals surface area contributed by atoms with E-state index in [0.717, 1.165) is 37.1 Å². The summed E-state index contributed by atoms with van der Waals surface area (Å²) in [5.74, 6) is 0.351. The molecule has 1 aliphatic carbocycles. The van der Waals surface area contributed by atoms with Gasteiger partial charge in [0.15, 0.2) is 0 Å². The zero-order valence-corrected chi connectivity index (χ0v) is 14.5. The summed E-state index contributed by atoms with van der Waals surface area (Å²) in [5.41, 5.74) is 8.64. The molecule has 0 bridgehead atoms. The van der Waals surface area contributed by atoms with Crippen molar-refractivity contribution in [2.24, 2.45) is 5.73 Å². The molecule has 1 fully saturated rings. The number of nitrogens with one attached hydrogen (secondary N) is 1. The molecule has 0 aliphatic heterocycles. The topological polar surface area (TPSA) is 72.9 Å². The lowest BCUT2D eigenvalue weighted by atomic mass is 9.94. The third-order valence-electron chi connectivity index (χ3n) is 5.03. The summed E-state index contributed by atoms with van der Waals surface area (Å²) < 4.78 is 1.90. The number of rotatable bonds is 7. The van der Waals surface area contributed by atoms with Crippen molar-refractivity contribution in [2.45, 2.75) is 51.0 Å². The number of amides is 1. The van der Waals surface area contributed by atoms with Gasteiger partial charge in [-0.2, -0.15) is 5.10 Å². The molecule has 1 amide bonds. The molecule has 3 rings (SSSR count). The van der Waals surface area contributed by atoms with E-state index in [1.54, 1.807) is 6.20 Å². The Hall–Kier alpha value is -2.14. The summed E-state index contributed by atoms with van der Waals surface area (Å²) in [6, 6.07) is 9.98. The third-order valence-corrected chi connectivity index (χ3v) is 5.03. The molecule has 24 heavy (non-hydrogen) atoms. The van der Waals surface area contributed by atoms with Crippen LogP contribution < -0.4 is 11.1 Å². The first kappa shape index (κ1) is 16.7. The number of carbonyl (C=O) groups is 1. The summed E-state index contributed by atoms with van der Waals surface area (Å²) in [6.07, 6.45) is 5.59. The number of para-hydroxylation sites is 1. The van der Waals surface area contributed by atoms with Crippen LogP contribution in [0.1, 0.15) is 61.5 Å². The number of hydrogen-bond donors (Lipinski definition) is 2. The van der Waals surface area contributed by atoms with Crippen LogP contribution in [0, 0.1) is 0 Å². The van der Waals surface area contributed by atoms with Crippen molar-refractivity contribution in [1.82, 2.24) is 15.1 Å². The first-order valence-corrected chi connectivity index (χ1v) is 8.78. The molecule has 5 heteroatoms. The monoisotopic (exact) mass is 326 g/mol. The molecule has 0 unspecified atom stereocenters. The molecular formula is C19H26N4O. The summed E-state index contributed by atoms with van der Waals surface area (Å²) in [4.78, 5) is 12.7. The Labute approximate surface area is 143 Å². The Bertz CT molecular complexity index is 699. The molecule has 3 N–H and O–H groups in total. The molecule has 1 aliphatic rings. The quantitative estimate of drug-likeness (QED) is 0.821. The molecule has 0 radical (unpaired) electrons. The van der Waals surface area contributed by atoms with E-state index in [0.29, 0.717) is 18.0 Å². The van der Waals surface area contributed by atoms with Gasteiger partial charge in [0, 0.05) is 18.0 Å². The maximum absolute atomic E-state index is 12.7. The minimum Gasteiger partial charge on any atom is -0.350 e. The largest absolute Gasteiger partial charge is 0.350 e. The molecule has 1 saturated carbocycles. The van der Waals surface area contributed by atoms with Crippen molar-refractivity contribution < 1.29 is 4.79 Å². The molecule has 128 valence electrons. The van der Waals surface area contributed by atoms with Crippen molar-refractivity contribution in [2.75, 3.05) is 6.54 Å². The van der Waals surface area contributed by atoms with E-state index >= 15 is 0 Å². The Morgan fingerprint density at radius 3 is 2.54 bits per heavy atom. The standard InChI is InChI=1S/C19H26N4O/c1-3-19(20,4-2)13-21-18(24)16-12-22-23(17(16)14-10-11-14)15-8-6-5-7-9-15/h5-9,12,14H,3-4,10-11,13,20H2,1-2H3,(H,21,24). The summed E-state index contributed by atoms with van der Waals surface area (Å²) in [5, 5.41) is 7.49. The van der Waals surface area contributed by atoms with Gasteiger partial charge in [0.1, 0.15) is 0 Å². The number of benzene rings is 1. The van der Waals surface area contributed by atoms with Gasteiger partial charge in [0.25, 0.3) is 5.91 Å². The molecule has 5 nitrogen and oxygen atoms in total. The molecule has 0 saturated heterocycles. The van der Waals surface area contributed by atoms with Crippen molar-refractivity contribution in [1.29, 1.82) is 0 Å². The van der Waals surface area contributed by atoms with E-state index in [4.69, 9.17) is 5.73 Å². The lowest BCUT2D eigenvalue weighted by Gasteiger charge is -2.26. The van der Waals surface area contributed by atoms with E-state index in [1.165, 1.54) is 0 Å². The van der Waals surface area contributed by atoms with Gasteiger partial charge in [-0.25, -0.2) is 4.68 Å². The first-order valence-electron chi connectivity index (χ1n) is 8.78. The predicted molar refractivity (Wildman–Crippen MR) is 95.4 cm³/mol. The highest BCUT2D eigenvalue weighted by molar-refractivity contribution is 5.95. The molecular weight excluding hydrogens is 300 g/mol. The van der Waals surface area contributed by atoms with Crippen LogP contribution in [0.15, 0.2) is 36.5 Å². The van der Waals surface area contributed by atoms with Crippen molar-refractivity contribution in [3.63, 3.8) is 0 Å². The van der Waals surface area contributed by atoms with E-state index in [2.05, 4.69) is 24.3 Å². The predicted octanol–water partition coefficient (Wildman–Crippen LogP) is 3.00. The second kappa shape index (κ2) is 6.77. The zero-order chi connectivity index (χ0) is 17.2. The second-order valence-corrected chi connectivity index (χ2v) is 6.72. The van der Waals surface area contributed by atoms with E-state index in [-0.39, 0.29) is 11.4 Å². The Balaban J connectivity index is 1.84. The lowest BCUT2D eigenvalue weighted by Crippen LogP contribution is -2.49. The van der Waals surface area contributed by atoms with Gasteiger partial charge in [-0.15, -0.1) is 0 Å². The highest BCUT2D eigenvalue weighted by Crippen LogP contribution is 2.42. The van der Waals surface area contributed by atoms with Gasteiger partial charge in [-0.1, -0.05) is 32.0 Å². The summed E-state index contributed by atoms with van der Waals surface area (Å²) in [7, 11) is 0. The average molecular weight is 326 g/mol. The van der Waals surface area contributed by atoms with Crippen molar-refractivity contribution in [3.8, 4) is 5.69 Å². The van der Waals surface area contributed by atoms with Crippen LogP contribution in [0.2, 0.25) is 0 Å². The maximum atomic E-state index is 12.7. The van der Waals surface area contributed by atoms with Gasteiger partial charge in [-0.3, -0.25) is 4.79 Å². The minimum atomic E-state index is -0.342. The lowest BCUT2D eigenvalue weighted by molar-refractivity contribution is 0.0941. The fourth-order valence-electron chi connectivity index (χ4n) is 2.91. The minimum absolute atomic E-state index is 0.0733. The molecule has 0 atom stereocenters. The SMILES string of the molecule is CCC(N)(CC)CNC(=O)c1cnn(-c2ccccc2)c1C1CC1. The van der Waals surface area contributed by atoms with Gasteiger partial charge in [0.05, 0.1) is 23.1 Å². The Kier molecular flexibility index (Phi) is 4.71. The van der Waals surface area contributed by atoms with Gasteiger partial charge >= 0.3 is 0 Å². The highest BCUT2D eigenvalue weighted by atomic mass is 16.1. The third kappa shape index (κ3) is 3.36. The zero-order valence-electron chi connectivity index (χ0n) is 14.5. The van der Waals surface area contributed by atoms with Crippen LogP contribution in [0.3, 0.4) is 0 Å². The first-order chi connectivity index (χ1) is 11.6. The molecule has 1 aromatic heterocycles. The normalized spacial score (nSPS) is 14.6. The average Bonchev–Trinajstić information content (AvgIpc) is 3.38. The number of nitrogens with zero attached hydrogens (tertiary/aromatic N) is 2. The Morgan fingerprint density at radius 2 is 1.96 bits per heavy atom.